The molecule has 1 fully saturated rings. The summed E-state index contributed by atoms with van der Waals surface area (Å²) >= 11 is 0. The molecule has 116 valence electrons. The summed E-state index contributed by atoms with van der Waals surface area (Å²) in [5.41, 5.74) is 0.702. The molecule has 1 heterocycles. The van der Waals surface area contributed by atoms with Crippen LogP contribution in [0.1, 0.15) is 25.0 Å². The molecule has 4 atom stereocenters. The Morgan fingerprint density at radius 3 is 2.86 bits per heavy atom. The molecule has 0 aromatic heterocycles. The van der Waals surface area contributed by atoms with Crippen molar-refractivity contribution in [3.8, 4) is 5.75 Å². The maximum atomic E-state index is 10.9. The van der Waals surface area contributed by atoms with E-state index in [4.69, 9.17) is 14.2 Å². The summed E-state index contributed by atoms with van der Waals surface area (Å²) in [6.07, 6.45) is -2.90. The SMILES string of the molecule is COc1cccc(C2OC(COC(C)=O)CC(O)C2O)c1. The molecule has 1 saturated heterocycles. The van der Waals surface area contributed by atoms with Crippen LogP contribution in [0.3, 0.4) is 0 Å². The van der Waals surface area contributed by atoms with Crippen LogP contribution in [-0.4, -0.2) is 48.2 Å². The third-order valence-electron chi connectivity index (χ3n) is 3.44. The van der Waals surface area contributed by atoms with E-state index in [1.165, 1.54) is 6.92 Å². The van der Waals surface area contributed by atoms with Gasteiger partial charge in [0.1, 0.15) is 24.6 Å². The van der Waals surface area contributed by atoms with Gasteiger partial charge in [0, 0.05) is 13.3 Å². The second-order valence-corrected chi connectivity index (χ2v) is 5.05. The van der Waals surface area contributed by atoms with Crippen LogP contribution in [0.25, 0.3) is 0 Å². The van der Waals surface area contributed by atoms with Crippen LogP contribution >= 0.6 is 0 Å². The molecule has 2 N–H and O–H groups in total. The van der Waals surface area contributed by atoms with Crippen LogP contribution < -0.4 is 4.74 Å². The fourth-order valence-electron chi connectivity index (χ4n) is 2.37. The van der Waals surface area contributed by atoms with Gasteiger partial charge >= 0.3 is 5.97 Å². The number of rotatable bonds is 4. The van der Waals surface area contributed by atoms with Crippen LogP contribution in [-0.2, 0) is 14.3 Å². The molecular weight excluding hydrogens is 276 g/mol. The molecule has 0 saturated carbocycles. The number of ether oxygens (including phenoxy) is 3. The first-order valence-electron chi connectivity index (χ1n) is 6.80. The van der Waals surface area contributed by atoms with E-state index in [0.29, 0.717) is 11.3 Å². The van der Waals surface area contributed by atoms with E-state index in [2.05, 4.69) is 0 Å². The zero-order valence-corrected chi connectivity index (χ0v) is 12.1. The first kappa shape index (κ1) is 15.8. The summed E-state index contributed by atoms with van der Waals surface area (Å²) in [6.45, 7) is 1.37. The normalized spacial score (nSPS) is 29.0. The minimum absolute atomic E-state index is 0.0551. The highest BCUT2D eigenvalue weighted by Gasteiger charge is 2.38. The first-order chi connectivity index (χ1) is 10.0. The molecule has 0 amide bonds. The molecule has 6 nitrogen and oxygen atoms in total. The Bertz CT molecular complexity index is 489. The average molecular weight is 296 g/mol. The van der Waals surface area contributed by atoms with Crippen LogP contribution in [0.15, 0.2) is 24.3 Å². The summed E-state index contributed by atoms with van der Waals surface area (Å²) in [6, 6.07) is 7.10. The average Bonchev–Trinajstić information content (AvgIpc) is 2.48. The van der Waals surface area contributed by atoms with E-state index >= 15 is 0 Å². The number of aliphatic hydroxyl groups is 2. The van der Waals surface area contributed by atoms with Crippen molar-refractivity contribution in [1.29, 1.82) is 0 Å². The minimum Gasteiger partial charge on any atom is -0.497 e. The number of benzene rings is 1. The number of esters is 1. The molecular formula is C15H20O6. The van der Waals surface area contributed by atoms with Gasteiger partial charge in [-0.1, -0.05) is 12.1 Å². The van der Waals surface area contributed by atoms with E-state index in [9.17, 15) is 15.0 Å². The predicted octanol–water partition coefficient (Wildman–Crippen LogP) is 0.810. The Morgan fingerprint density at radius 2 is 2.19 bits per heavy atom. The highest BCUT2D eigenvalue weighted by molar-refractivity contribution is 5.65. The van der Waals surface area contributed by atoms with Crippen molar-refractivity contribution in [3.63, 3.8) is 0 Å². The molecule has 0 aliphatic carbocycles. The standard InChI is InChI=1S/C15H20O6/c1-9(16)20-8-12-7-13(17)14(18)15(21-12)10-4-3-5-11(6-10)19-2/h3-6,12-15,17-18H,7-8H2,1-2H3. The second kappa shape index (κ2) is 6.89. The maximum absolute atomic E-state index is 10.9. The van der Waals surface area contributed by atoms with Crippen molar-refractivity contribution in [2.75, 3.05) is 13.7 Å². The molecule has 4 unspecified atom stereocenters. The van der Waals surface area contributed by atoms with Crippen LogP contribution in [0.5, 0.6) is 5.75 Å². The number of methoxy groups -OCH3 is 1. The Kier molecular flexibility index (Phi) is 5.17. The van der Waals surface area contributed by atoms with Gasteiger partial charge in [-0.15, -0.1) is 0 Å². The lowest BCUT2D eigenvalue weighted by Gasteiger charge is -2.37. The lowest BCUT2D eigenvalue weighted by atomic mass is 9.93. The van der Waals surface area contributed by atoms with Crippen molar-refractivity contribution >= 4 is 5.97 Å². The van der Waals surface area contributed by atoms with Gasteiger partial charge < -0.3 is 24.4 Å². The highest BCUT2D eigenvalue weighted by Crippen LogP contribution is 2.33. The summed E-state index contributed by atoms with van der Waals surface area (Å²) in [4.78, 5) is 10.9. The van der Waals surface area contributed by atoms with E-state index < -0.39 is 30.4 Å². The van der Waals surface area contributed by atoms with Gasteiger partial charge in [0.2, 0.25) is 0 Å². The van der Waals surface area contributed by atoms with Gasteiger partial charge in [0.25, 0.3) is 0 Å². The minimum atomic E-state index is -1.04. The molecule has 1 aliphatic heterocycles. The van der Waals surface area contributed by atoms with Gasteiger partial charge in [-0.25, -0.2) is 0 Å². The Morgan fingerprint density at radius 1 is 1.43 bits per heavy atom. The molecule has 0 spiro atoms. The van der Waals surface area contributed by atoms with E-state index in [1.54, 1.807) is 31.4 Å². The molecule has 1 aliphatic rings. The van der Waals surface area contributed by atoms with Crippen molar-refractivity contribution < 1.29 is 29.2 Å². The monoisotopic (exact) mass is 296 g/mol. The van der Waals surface area contributed by atoms with Gasteiger partial charge in [-0.2, -0.15) is 0 Å². The fourth-order valence-corrected chi connectivity index (χ4v) is 2.37. The van der Waals surface area contributed by atoms with Gasteiger partial charge in [-0.3, -0.25) is 4.79 Å². The van der Waals surface area contributed by atoms with Gasteiger partial charge in [0.05, 0.1) is 19.3 Å². The number of hydrogen-bond acceptors (Lipinski definition) is 6. The Labute approximate surface area is 123 Å². The fraction of sp³-hybridized carbons (Fsp3) is 0.533. The number of carbonyl (C=O) groups is 1. The van der Waals surface area contributed by atoms with Crippen molar-refractivity contribution in [1.82, 2.24) is 0 Å². The number of aliphatic hydroxyl groups excluding tert-OH is 2. The third kappa shape index (κ3) is 3.93. The zero-order valence-electron chi connectivity index (χ0n) is 12.1. The smallest absolute Gasteiger partial charge is 0.302 e. The highest BCUT2D eigenvalue weighted by atomic mass is 16.6. The first-order valence-corrected chi connectivity index (χ1v) is 6.80. The van der Waals surface area contributed by atoms with Crippen molar-refractivity contribution in [3.05, 3.63) is 29.8 Å². The lowest BCUT2D eigenvalue weighted by molar-refractivity contribution is -0.187. The van der Waals surface area contributed by atoms with Crippen LogP contribution in [0.4, 0.5) is 0 Å². The molecule has 2 rings (SSSR count). The Balaban J connectivity index is 2.13. The van der Waals surface area contributed by atoms with Crippen molar-refractivity contribution in [2.45, 2.75) is 37.8 Å². The maximum Gasteiger partial charge on any atom is 0.302 e. The number of hydrogen-bond donors (Lipinski definition) is 2. The third-order valence-corrected chi connectivity index (χ3v) is 3.44. The van der Waals surface area contributed by atoms with Crippen LogP contribution in [0, 0.1) is 0 Å². The van der Waals surface area contributed by atoms with Crippen molar-refractivity contribution in [2.24, 2.45) is 0 Å². The largest absolute Gasteiger partial charge is 0.497 e. The van der Waals surface area contributed by atoms with Gasteiger partial charge in [-0.05, 0) is 17.7 Å². The lowest BCUT2D eigenvalue weighted by Crippen LogP contribution is -2.45. The molecule has 6 heteroatoms. The summed E-state index contributed by atoms with van der Waals surface area (Å²) < 4.78 is 15.8. The van der Waals surface area contributed by atoms with Gasteiger partial charge in [0.15, 0.2) is 0 Å². The Hall–Kier alpha value is -1.63. The molecule has 1 aromatic rings. The predicted molar refractivity (Wildman–Crippen MR) is 73.9 cm³/mol. The molecule has 0 bridgehead atoms. The summed E-state index contributed by atoms with van der Waals surface area (Å²) in [7, 11) is 1.55. The molecule has 1 aromatic carbocycles. The topological polar surface area (TPSA) is 85.2 Å². The quantitative estimate of drug-likeness (QED) is 0.800. The molecule has 21 heavy (non-hydrogen) atoms. The summed E-state index contributed by atoms with van der Waals surface area (Å²) in [5.74, 6) is 0.233. The second-order valence-electron chi connectivity index (χ2n) is 5.05. The van der Waals surface area contributed by atoms with Crippen LogP contribution in [0.2, 0.25) is 0 Å². The van der Waals surface area contributed by atoms with E-state index in [-0.39, 0.29) is 13.0 Å². The zero-order chi connectivity index (χ0) is 15.4. The molecule has 0 radical (unpaired) electrons. The summed E-state index contributed by atoms with van der Waals surface area (Å²) in [5, 5.41) is 20.1. The number of carbonyl (C=O) groups excluding carboxylic acids is 1. The van der Waals surface area contributed by atoms with E-state index in [1.807, 2.05) is 0 Å². The van der Waals surface area contributed by atoms with E-state index in [0.717, 1.165) is 0 Å².